The molecule has 0 fully saturated rings. The van der Waals surface area contributed by atoms with Crippen molar-refractivity contribution in [2.45, 2.75) is 13.8 Å². The van der Waals surface area contributed by atoms with Crippen LogP contribution in [0, 0.1) is 0 Å². The Labute approximate surface area is 124 Å². The third-order valence-electron chi connectivity index (χ3n) is 2.24. The zero-order valence-corrected chi connectivity index (χ0v) is 13.1. The van der Waals surface area contributed by atoms with Crippen LogP contribution in [0.25, 0.3) is 0 Å². The van der Waals surface area contributed by atoms with Crippen molar-refractivity contribution in [2.75, 3.05) is 22.7 Å². The van der Waals surface area contributed by atoms with E-state index in [0.717, 1.165) is 18.8 Å². The summed E-state index contributed by atoms with van der Waals surface area (Å²) in [5.41, 5.74) is 1.28. The van der Waals surface area contributed by atoms with E-state index in [9.17, 15) is 13.0 Å². The third kappa shape index (κ3) is 5.74. The van der Waals surface area contributed by atoms with Crippen LogP contribution in [0.4, 0.5) is 11.4 Å². The van der Waals surface area contributed by atoms with Gasteiger partial charge in [0.15, 0.2) is 10.3 Å². The molecule has 0 atom stereocenters. The molecular formula is C10H15N2NaO3S. The standard InChI is InChI=1S/C10H16N2O3S.Na/c1-3-12(4-2)10-7-5-9(6-8-10)11-16(13,14)15;/h5-8,11H,3-4H2,1-2H3,(H,13,14,15);/q;+1/p-1. The molecule has 1 aromatic carbocycles. The fraction of sp³-hybridized carbons (Fsp3) is 0.400. The molecule has 0 aliphatic rings. The van der Waals surface area contributed by atoms with Crippen molar-refractivity contribution < 1.29 is 42.5 Å². The zero-order valence-electron chi connectivity index (χ0n) is 10.3. The molecule has 5 nitrogen and oxygen atoms in total. The second-order valence-electron chi connectivity index (χ2n) is 3.28. The van der Waals surface area contributed by atoms with Crippen molar-refractivity contribution in [1.29, 1.82) is 0 Å². The van der Waals surface area contributed by atoms with Crippen LogP contribution in [-0.4, -0.2) is 26.1 Å². The Balaban J connectivity index is 0.00000256. The Morgan fingerprint density at radius 3 is 2.00 bits per heavy atom. The van der Waals surface area contributed by atoms with Gasteiger partial charge in [-0.3, -0.25) is 4.72 Å². The summed E-state index contributed by atoms with van der Waals surface area (Å²) in [5.74, 6) is 0. The monoisotopic (exact) mass is 266 g/mol. The molecule has 0 aromatic heterocycles. The van der Waals surface area contributed by atoms with Crippen LogP contribution in [0.1, 0.15) is 13.8 Å². The van der Waals surface area contributed by atoms with Crippen molar-refractivity contribution in [2.24, 2.45) is 0 Å². The number of hydrogen-bond acceptors (Lipinski definition) is 4. The summed E-state index contributed by atoms with van der Waals surface area (Å²) in [6.07, 6.45) is 0. The smallest absolute Gasteiger partial charge is 0.731 e. The van der Waals surface area contributed by atoms with E-state index in [2.05, 4.69) is 4.90 Å². The Morgan fingerprint density at radius 1 is 1.18 bits per heavy atom. The molecule has 90 valence electrons. The Hall–Kier alpha value is -0.270. The van der Waals surface area contributed by atoms with Crippen LogP contribution in [0.3, 0.4) is 0 Å². The van der Waals surface area contributed by atoms with Gasteiger partial charge in [-0.1, -0.05) is 0 Å². The summed E-state index contributed by atoms with van der Waals surface area (Å²) in [4.78, 5) is 2.12. The van der Waals surface area contributed by atoms with E-state index in [1.807, 2.05) is 18.6 Å². The molecule has 0 heterocycles. The molecule has 0 bridgehead atoms. The summed E-state index contributed by atoms with van der Waals surface area (Å²) < 4.78 is 33.2. The molecule has 0 unspecified atom stereocenters. The minimum absolute atomic E-state index is 0. The molecule has 0 aliphatic carbocycles. The van der Waals surface area contributed by atoms with E-state index < -0.39 is 10.3 Å². The van der Waals surface area contributed by atoms with Crippen LogP contribution in [0.15, 0.2) is 24.3 Å². The quantitative estimate of drug-likeness (QED) is 0.515. The van der Waals surface area contributed by atoms with Gasteiger partial charge >= 0.3 is 29.6 Å². The zero-order chi connectivity index (χ0) is 12.2. The summed E-state index contributed by atoms with van der Waals surface area (Å²) >= 11 is 0. The van der Waals surface area contributed by atoms with E-state index >= 15 is 0 Å². The number of hydrogen-bond donors (Lipinski definition) is 1. The third-order valence-corrected chi connectivity index (χ3v) is 2.72. The van der Waals surface area contributed by atoms with Crippen molar-refractivity contribution in [3.8, 4) is 0 Å². The van der Waals surface area contributed by atoms with Crippen LogP contribution >= 0.6 is 0 Å². The van der Waals surface area contributed by atoms with Crippen molar-refractivity contribution >= 4 is 21.7 Å². The van der Waals surface area contributed by atoms with Gasteiger partial charge in [0.1, 0.15) is 0 Å². The molecule has 0 aliphatic heterocycles. The molecule has 7 heteroatoms. The van der Waals surface area contributed by atoms with Gasteiger partial charge in [0.05, 0.1) is 0 Å². The van der Waals surface area contributed by atoms with Crippen molar-refractivity contribution in [3.05, 3.63) is 24.3 Å². The number of benzene rings is 1. The molecule has 0 spiro atoms. The van der Waals surface area contributed by atoms with Crippen LogP contribution in [-0.2, 0) is 10.3 Å². The summed E-state index contributed by atoms with van der Waals surface area (Å²) in [7, 11) is -4.44. The summed E-state index contributed by atoms with van der Waals surface area (Å²) in [6, 6.07) is 6.70. The number of nitrogens with zero attached hydrogens (tertiary/aromatic N) is 1. The van der Waals surface area contributed by atoms with Gasteiger partial charge in [0, 0.05) is 24.5 Å². The first-order valence-electron chi connectivity index (χ1n) is 5.05. The van der Waals surface area contributed by atoms with E-state index in [1.54, 1.807) is 24.3 Å². The largest absolute Gasteiger partial charge is 1.00 e. The maximum absolute atomic E-state index is 10.5. The van der Waals surface area contributed by atoms with E-state index in [1.165, 1.54) is 0 Å². The molecule has 1 N–H and O–H groups in total. The molecule has 17 heavy (non-hydrogen) atoms. The van der Waals surface area contributed by atoms with Gasteiger partial charge in [0.2, 0.25) is 0 Å². The molecule has 0 amide bonds. The van der Waals surface area contributed by atoms with Gasteiger partial charge in [-0.25, -0.2) is 8.42 Å². The topological polar surface area (TPSA) is 72.5 Å². The van der Waals surface area contributed by atoms with Crippen LogP contribution < -0.4 is 39.2 Å². The van der Waals surface area contributed by atoms with Crippen molar-refractivity contribution in [3.63, 3.8) is 0 Å². The first-order valence-corrected chi connectivity index (χ1v) is 6.45. The van der Waals surface area contributed by atoms with E-state index in [0.29, 0.717) is 0 Å². The first-order chi connectivity index (χ1) is 7.46. The predicted octanol–water partition coefficient (Wildman–Crippen LogP) is -1.59. The minimum atomic E-state index is -4.44. The van der Waals surface area contributed by atoms with Crippen LogP contribution in [0.2, 0.25) is 0 Å². The molecule has 0 saturated carbocycles. The SMILES string of the molecule is CCN(CC)c1ccc(NS(=O)(=O)[O-])cc1.[Na+]. The number of rotatable bonds is 5. The normalized spacial score (nSPS) is 10.5. The predicted molar refractivity (Wildman–Crippen MR) is 63.3 cm³/mol. The molecule has 1 rings (SSSR count). The maximum Gasteiger partial charge on any atom is 1.00 e. The molecule has 1 aromatic rings. The van der Waals surface area contributed by atoms with Gasteiger partial charge < -0.3 is 9.45 Å². The summed E-state index contributed by atoms with van der Waals surface area (Å²) in [6.45, 7) is 5.84. The average Bonchev–Trinajstić information content (AvgIpc) is 2.20. The summed E-state index contributed by atoms with van der Waals surface area (Å²) in [5, 5.41) is 0. The second-order valence-corrected chi connectivity index (χ2v) is 4.39. The number of nitrogens with one attached hydrogen (secondary N) is 1. The molecule has 0 saturated heterocycles. The van der Waals surface area contributed by atoms with Gasteiger partial charge in [0.25, 0.3) is 0 Å². The fourth-order valence-electron chi connectivity index (χ4n) is 1.47. The van der Waals surface area contributed by atoms with Crippen molar-refractivity contribution in [1.82, 2.24) is 0 Å². The Morgan fingerprint density at radius 2 is 1.65 bits per heavy atom. The van der Waals surface area contributed by atoms with E-state index in [-0.39, 0.29) is 35.2 Å². The first kappa shape index (κ1) is 16.7. The second kappa shape index (κ2) is 7.23. The molecule has 0 radical (unpaired) electrons. The van der Waals surface area contributed by atoms with Gasteiger partial charge in [-0.05, 0) is 38.1 Å². The Bertz CT molecular complexity index is 429. The Kier molecular flexibility index (Phi) is 7.11. The van der Waals surface area contributed by atoms with Crippen LogP contribution in [0.5, 0.6) is 0 Å². The maximum atomic E-state index is 10.5. The van der Waals surface area contributed by atoms with Gasteiger partial charge in [-0.15, -0.1) is 0 Å². The minimum Gasteiger partial charge on any atom is -0.731 e. The van der Waals surface area contributed by atoms with E-state index in [4.69, 9.17) is 0 Å². The molecular weight excluding hydrogens is 251 g/mol. The average molecular weight is 266 g/mol. The van der Waals surface area contributed by atoms with Gasteiger partial charge in [-0.2, -0.15) is 0 Å². The fourth-order valence-corrected chi connectivity index (χ4v) is 1.90. The number of anilines is 2.